The molecule has 0 spiro atoms. The van der Waals surface area contributed by atoms with E-state index in [1.807, 2.05) is 13.8 Å². The number of hydrogen-bond donors (Lipinski definition) is 0. The van der Waals surface area contributed by atoms with Crippen molar-refractivity contribution < 1.29 is 9.53 Å². The van der Waals surface area contributed by atoms with Gasteiger partial charge in [-0.25, -0.2) is 4.68 Å². The number of hydrogen-bond acceptors (Lipinski definition) is 6. The number of carbonyl (C=O) groups is 1. The van der Waals surface area contributed by atoms with Gasteiger partial charge in [-0.15, -0.1) is 5.10 Å². The molecule has 1 aromatic heterocycles. The van der Waals surface area contributed by atoms with E-state index in [9.17, 15) is 4.79 Å². The summed E-state index contributed by atoms with van der Waals surface area (Å²) >= 11 is 1.27. The van der Waals surface area contributed by atoms with Gasteiger partial charge in [-0.1, -0.05) is 11.8 Å². The zero-order valence-electron chi connectivity index (χ0n) is 8.30. The molecule has 0 aromatic carbocycles. The van der Waals surface area contributed by atoms with Gasteiger partial charge in [0.2, 0.25) is 5.16 Å². The molecule has 0 aliphatic heterocycles. The number of methoxy groups -OCH3 is 1. The molecule has 0 N–H and O–H groups in total. The minimum atomic E-state index is -0.284. The number of tetrazole rings is 1. The molecule has 0 fully saturated rings. The molecule has 0 unspecified atom stereocenters. The highest BCUT2D eigenvalue weighted by Gasteiger charge is 2.11. The minimum Gasteiger partial charge on any atom is -0.468 e. The van der Waals surface area contributed by atoms with Crippen molar-refractivity contribution in [2.75, 3.05) is 12.9 Å². The lowest BCUT2D eigenvalue weighted by Gasteiger charge is -2.05. The van der Waals surface area contributed by atoms with E-state index in [4.69, 9.17) is 0 Å². The molecule has 0 atom stereocenters. The van der Waals surface area contributed by atoms with Crippen LogP contribution in [0.4, 0.5) is 0 Å². The number of carbonyl (C=O) groups excluding carboxylic acids is 1. The zero-order chi connectivity index (χ0) is 10.6. The summed E-state index contributed by atoms with van der Waals surface area (Å²) in [6.07, 6.45) is 0. The Bertz CT molecular complexity index is 312. The van der Waals surface area contributed by atoms with Crippen LogP contribution in [0.3, 0.4) is 0 Å². The van der Waals surface area contributed by atoms with Crippen LogP contribution < -0.4 is 0 Å². The number of aromatic nitrogens is 4. The van der Waals surface area contributed by atoms with Crippen molar-refractivity contribution in [3.8, 4) is 0 Å². The van der Waals surface area contributed by atoms with Gasteiger partial charge in [0.05, 0.1) is 18.9 Å². The Hall–Kier alpha value is -1.11. The summed E-state index contributed by atoms with van der Waals surface area (Å²) in [5, 5.41) is 11.8. The molecule has 6 nitrogen and oxygen atoms in total. The van der Waals surface area contributed by atoms with Crippen LogP contribution >= 0.6 is 11.8 Å². The molecule has 0 amide bonds. The second-order valence-corrected chi connectivity index (χ2v) is 3.81. The fourth-order valence-corrected chi connectivity index (χ4v) is 1.63. The van der Waals surface area contributed by atoms with Crippen LogP contribution in [-0.4, -0.2) is 39.0 Å². The van der Waals surface area contributed by atoms with Gasteiger partial charge in [0, 0.05) is 0 Å². The maximum atomic E-state index is 10.9. The van der Waals surface area contributed by atoms with Gasteiger partial charge in [0.1, 0.15) is 0 Å². The fraction of sp³-hybridized carbons (Fsp3) is 0.714. The third-order valence-electron chi connectivity index (χ3n) is 1.50. The normalized spacial score (nSPS) is 10.6. The smallest absolute Gasteiger partial charge is 0.316 e. The first-order valence-electron chi connectivity index (χ1n) is 4.12. The lowest BCUT2D eigenvalue weighted by atomic mass is 10.4. The topological polar surface area (TPSA) is 69.9 Å². The molecule has 0 saturated carbocycles. The van der Waals surface area contributed by atoms with Crippen LogP contribution in [0, 0.1) is 0 Å². The van der Waals surface area contributed by atoms with Gasteiger partial charge in [0.15, 0.2) is 0 Å². The van der Waals surface area contributed by atoms with Crippen molar-refractivity contribution in [2.45, 2.75) is 25.0 Å². The minimum absolute atomic E-state index is 0.185. The summed E-state index contributed by atoms with van der Waals surface area (Å²) in [5.74, 6) is -0.0582. The average Bonchev–Trinajstić information content (AvgIpc) is 2.62. The van der Waals surface area contributed by atoms with Crippen molar-refractivity contribution in [3.63, 3.8) is 0 Å². The number of esters is 1. The number of ether oxygens (including phenoxy) is 1. The first kappa shape index (κ1) is 11.0. The van der Waals surface area contributed by atoms with E-state index in [1.54, 1.807) is 4.68 Å². The molecule has 0 bridgehead atoms. The lowest BCUT2D eigenvalue weighted by molar-refractivity contribution is -0.137. The monoisotopic (exact) mass is 216 g/mol. The van der Waals surface area contributed by atoms with Crippen molar-refractivity contribution in [3.05, 3.63) is 0 Å². The second kappa shape index (κ2) is 4.94. The third-order valence-corrected chi connectivity index (χ3v) is 2.41. The van der Waals surface area contributed by atoms with E-state index in [1.165, 1.54) is 18.9 Å². The first-order valence-corrected chi connectivity index (χ1v) is 5.11. The van der Waals surface area contributed by atoms with Gasteiger partial charge in [-0.3, -0.25) is 4.79 Å². The first-order chi connectivity index (χ1) is 6.65. The van der Waals surface area contributed by atoms with E-state index in [2.05, 4.69) is 20.3 Å². The molecule has 0 aliphatic carbocycles. The van der Waals surface area contributed by atoms with E-state index in [-0.39, 0.29) is 17.8 Å². The summed E-state index contributed by atoms with van der Waals surface area (Å²) in [6, 6.07) is 0.185. The highest BCUT2D eigenvalue weighted by Crippen LogP contribution is 2.16. The Morgan fingerprint density at radius 3 is 2.93 bits per heavy atom. The Morgan fingerprint density at radius 2 is 2.36 bits per heavy atom. The SMILES string of the molecule is COC(=O)CSc1nnnn1C(C)C. The molecule has 14 heavy (non-hydrogen) atoms. The Balaban J connectivity index is 2.58. The molecule has 1 rings (SSSR count). The molecule has 78 valence electrons. The molecule has 7 heteroatoms. The van der Waals surface area contributed by atoms with Crippen LogP contribution in [0.2, 0.25) is 0 Å². The van der Waals surface area contributed by atoms with Gasteiger partial charge in [0.25, 0.3) is 0 Å². The number of rotatable bonds is 4. The fourth-order valence-electron chi connectivity index (χ4n) is 0.787. The number of thioether (sulfide) groups is 1. The predicted molar refractivity (Wildman–Crippen MR) is 50.9 cm³/mol. The van der Waals surface area contributed by atoms with E-state index in [0.717, 1.165) is 0 Å². The molecular formula is C7H12N4O2S. The standard InChI is InChI=1S/C7H12N4O2S/c1-5(2)11-7(8-9-10-11)14-4-6(12)13-3/h5H,4H2,1-3H3. The lowest BCUT2D eigenvalue weighted by Crippen LogP contribution is -2.08. The van der Waals surface area contributed by atoms with E-state index >= 15 is 0 Å². The Labute approximate surface area is 86.0 Å². The molecule has 1 aromatic rings. The van der Waals surface area contributed by atoms with Crippen molar-refractivity contribution in [2.24, 2.45) is 0 Å². The summed E-state index contributed by atoms with van der Waals surface area (Å²) in [7, 11) is 1.36. The highest BCUT2D eigenvalue weighted by atomic mass is 32.2. The molecule has 0 aliphatic rings. The summed E-state index contributed by atoms with van der Waals surface area (Å²) in [5.41, 5.74) is 0. The number of nitrogens with zero attached hydrogens (tertiary/aromatic N) is 4. The van der Waals surface area contributed by atoms with Gasteiger partial charge in [-0.05, 0) is 24.3 Å². The van der Waals surface area contributed by atoms with E-state index in [0.29, 0.717) is 5.16 Å². The van der Waals surface area contributed by atoms with Crippen molar-refractivity contribution in [1.82, 2.24) is 20.2 Å². The third kappa shape index (κ3) is 2.69. The van der Waals surface area contributed by atoms with Gasteiger partial charge >= 0.3 is 5.97 Å². The van der Waals surface area contributed by atoms with Crippen LogP contribution in [0.15, 0.2) is 5.16 Å². The second-order valence-electron chi connectivity index (χ2n) is 2.86. The maximum absolute atomic E-state index is 10.9. The quantitative estimate of drug-likeness (QED) is 0.540. The summed E-state index contributed by atoms with van der Waals surface area (Å²) < 4.78 is 6.17. The average molecular weight is 216 g/mol. The Kier molecular flexibility index (Phi) is 3.87. The van der Waals surface area contributed by atoms with Gasteiger partial charge < -0.3 is 4.74 Å². The summed E-state index contributed by atoms with van der Waals surface area (Å²) in [4.78, 5) is 10.9. The van der Waals surface area contributed by atoms with Crippen molar-refractivity contribution in [1.29, 1.82) is 0 Å². The molecule has 0 radical (unpaired) electrons. The van der Waals surface area contributed by atoms with Crippen LogP contribution in [0.25, 0.3) is 0 Å². The zero-order valence-corrected chi connectivity index (χ0v) is 9.11. The molecule has 1 heterocycles. The largest absolute Gasteiger partial charge is 0.468 e. The maximum Gasteiger partial charge on any atom is 0.316 e. The van der Waals surface area contributed by atoms with E-state index < -0.39 is 0 Å². The summed E-state index contributed by atoms with van der Waals surface area (Å²) in [6.45, 7) is 3.94. The van der Waals surface area contributed by atoms with Crippen LogP contribution in [-0.2, 0) is 9.53 Å². The molecule has 0 saturated heterocycles. The predicted octanol–water partition coefficient (Wildman–Crippen LogP) is 0.519. The van der Waals surface area contributed by atoms with Gasteiger partial charge in [-0.2, -0.15) is 0 Å². The Morgan fingerprint density at radius 1 is 1.64 bits per heavy atom. The van der Waals surface area contributed by atoms with Crippen LogP contribution in [0.5, 0.6) is 0 Å². The van der Waals surface area contributed by atoms with Crippen LogP contribution in [0.1, 0.15) is 19.9 Å². The molecular weight excluding hydrogens is 204 g/mol. The van der Waals surface area contributed by atoms with Crippen molar-refractivity contribution >= 4 is 17.7 Å². The highest BCUT2D eigenvalue weighted by molar-refractivity contribution is 7.99.